The zero-order valence-corrected chi connectivity index (χ0v) is 16.7. The third kappa shape index (κ3) is 4.58. The number of hydrogen-bond acceptors (Lipinski definition) is 6. The highest BCUT2D eigenvalue weighted by Gasteiger charge is 2.09. The molecule has 0 aliphatic heterocycles. The normalized spacial score (nSPS) is 11.6. The third-order valence-electron chi connectivity index (χ3n) is 3.51. The summed E-state index contributed by atoms with van der Waals surface area (Å²) >= 11 is 8.85. The second-order valence-electron chi connectivity index (χ2n) is 5.29. The van der Waals surface area contributed by atoms with Crippen molar-refractivity contribution in [3.8, 4) is 5.75 Å². The van der Waals surface area contributed by atoms with E-state index in [4.69, 9.17) is 16.3 Å². The van der Waals surface area contributed by atoms with Gasteiger partial charge in [-0.3, -0.25) is 4.79 Å². The molecule has 0 radical (unpaired) electrons. The number of fused-ring (bicyclic) bond motifs is 1. The summed E-state index contributed by atoms with van der Waals surface area (Å²) in [4.78, 5) is 17.0. The fourth-order valence-corrected chi connectivity index (χ4v) is 3.80. The molecule has 3 rings (SSSR count). The maximum Gasteiger partial charge on any atom is 0.188 e. The number of ketones is 1. The van der Waals surface area contributed by atoms with Gasteiger partial charge in [0.25, 0.3) is 0 Å². The van der Waals surface area contributed by atoms with Crippen molar-refractivity contribution in [3.63, 3.8) is 0 Å². The Morgan fingerprint density at radius 3 is 2.77 bits per heavy atom. The van der Waals surface area contributed by atoms with Gasteiger partial charge < -0.3 is 10.1 Å². The predicted molar refractivity (Wildman–Crippen MR) is 112 cm³/mol. The Kier molecular flexibility index (Phi) is 6.19. The number of aromatic nitrogens is 1. The molecule has 0 aliphatic carbocycles. The van der Waals surface area contributed by atoms with Crippen molar-refractivity contribution in [2.24, 2.45) is 0 Å². The Balaban J connectivity index is 1.79. The molecule has 0 aliphatic rings. The van der Waals surface area contributed by atoms with E-state index < -0.39 is 0 Å². The van der Waals surface area contributed by atoms with Crippen molar-refractivity contribution < 1.29 is 9.53 Å². The van der Waals surface area contributed by atoms with Gasteiger partial charge in [-0.2, -0.15) is 0 Å². The molecule has 0 saturated carbocycles. The molecule has 7 heteroatoms. The monoisotopic (exact) mass is 404 g/mol. The SMILES string of the molecule is CCOc1ccc2nc(N/C(=C\C(=O)c3ccc(Cl)cc3)SC)sc2c1. The van der Waals surface area contributed by atoms with Crippen LogP contribution < -0.4 is 10.1 Å². The molecule has 0 amide bonds. The van der Waals surface area contributed by atoms with Crippen LogP contribution in [0.2, 0.25) is 5.02 Å². The summed E-state index contributed by atoms with van der Waals surface area (Å²) in [6, 6.07) is 12.7. The fraction of sp³-hybridized carbons (Fsp3) is 0.158. The number of nitrogens with zero attached hydrogens (tertiary/aromatic N) is 1. The van der Waals surface area contributed by atoms with Crippen molar-refractivity contribution in [2.45, 2.75) is 6.92 Å². The highest BCUT2D eigenvalue weighted by Crippen LogP contribution is 2.31. The lowest BCUT2D eigenvalue weighted by atomic mass is 10.1. The molecule has 0 spiro atoms. The standard InChI is InChI=1S/C19H17ClN2O2S2/c1-3-24-14-8-9-15-17(10-14)26-19(21-15)22-18(25-2)11-16(23)12-4-6-13(20)7-5-12/h4-11H,3H2,1-2H3,(H,21,22)/b18-11+. The summed E-state index contributed by atoms with van der Waals surface area (Å²) in [7, 11) is 0. The average molecular weight is 405 g/mol. The molecule has 2 aromatic carbocycles. The maximum absolute atomic E-state index is 12.4. The molecular formula is C19H17ClN2O2S2. The Bertz CT molecular complexity index is 952. The lowest BCUT2D eigenvalue weighted by Gasteiger charge is -2.05. The van der Waals surface area contributed by atoms with Crippen LogP contribution in [0.1, 0.15) is 17.3 Å². The molecule has 1 N–H and O–H groups in total. The van der Waals surface area contributed by atoms with Gasteiger partial charge in [-0.25, -0.2) is 4.98 Å². The highest BCUT2D eigenvalue weighted by molar-refractivity contribution is 8.02. The Labute approximate surface area is 165 Å². The predicted octanol–water partition coefficient (Wildman–Crippen LogP) is 5.85. The van der Waals surface area contributed by atoms with Gasteiger partial charge in [0, 0.05) is 16.7 Å². The molecule has 0 unspecified atom stereocenters. The van der Waals surface area contributed by atoms with E-state index in [-0.39, 0.29) is 5.78 Å². The third-order valence-corrected chi connectivity index (χ3v) is 5.36. The second kappa shape index (κ2) is 8.58. The van der Waals surface area contributed by atoms with Gasteiger partial charge in [-0.05, 0) is 55.6 Å². The number of benzene rings is 2. The van der Waals surface area contributed by atoms with E-state index in [1.165, 1.54) is 23.1 Å². The molecular weight excluding hydrogens is 388 g/mol. The lowest BCUT2D eigenvalue weighted by molar-refractivity contribution is 0.104. The maximum atomic E-state index is 12.4. The molecule has 4 nitrogen and oxygen atoms in total. The smallest absolute Gasteiger partial charge is 0.188 e. The molecule has 1 aromatic heterocycles. The number of anilines is 1. The van der Waals surface area contributed by atoms with E-state index in [1.54, 1.807) is 30.3 Å². The van der Waals surface area contributed by atoms with Crippen LogP contribution in [-0.4, -0.2) is 23.6 Å². The Morgan fingerprint density at radius 1 is 1.31 bits per heavy atom. The van der Waals surface area contributed by atoms with E-state index in [0.717, 1.165) is 26.1 Å². The Hall–Kier alpha value is -2.02. The van der Waals surface area contributed by atoms with Gasteiger partial charge in [0.05, 0.1) is 21.9 Å². The number of ether oxygens (including phenoxy) is 1. The van der Waals surface area contributed by atoms with E-state index >= 15 is 0 Å². The summed E-state index contributed by atoms with van der Waals surface area (Å²) in [6.07, 6.45) is 3.49. The van der Waals surface area contributed by atoms with Crippen LogP contribution in [0.4, 0.5) is 5.13 Å². The molecule has 26 heavy (non-hydrogen) atoms. The molecule has 0 atom stereocenters. The van der Waals surface area contributed by atoms with Gasteiger partial charge >= 0.3 is 0 Å². The fourth-order valence-electron chi connectivity index (χ4n) is 2.28. The number of thiazole rings is 1. The van der Waals surface area contributed by atoms with Crippen LogP contribution >= 0.6 is 34.7 Å². The minimum Gasteiger partial charge on any atom is -0.494 e. The van der Waals surface area contributed by atoms with Crippen LogP contribution in [0, 0.1) is 0 Å². The Morgan fingerprint density at radius 2 is 2.08 bits per heavy atom. The first kappa shape index (κ1) is 18.8. The molecule has 0 bridgehead atoms. The number of carbonyl (C=O) groups excluding carboxylic acids is 1. The largest absolute Gasteiger partial charge is 0.494 e. The van der Waals surface area contributed by atoms with Crippen molar-refractivity contribution >= 4 is 55.8 Å². The number of halogens is 1. The minimum atomic E-state index is -0.0849. The van der Waals surface area contributed by atoms with Crippen molar-refractivity contribution in [1.82, 2.24) is 4.98 Å². The summed E-state index contributed by atoms with van der Waals surface area (Å²) in [5.41, 5.74) is 1.49. The topological polar surface area (TPSA) is 51.2 Å². The van der Waals surface area contributed by atoms with Crippen LogP contribution in [0.15, 0.2) is 53.6 Å². The van der Waals surface area contributed by atoms with Gasteiger partial charge in [-0.15, -0.1) is 11.8 Å². The number of allylic oxidation sites excluding steroid dienone is 1. The second-order valence-corrected chi connectivity index (χ2v) is 7.61. The van der Waals surface area contributed by atoms with E-state index in [2.05, 4.69) is 10.3 Å². The van der Waals surface area contributed by atoms with Gasteiger partial charge in [0.2, 0.25) is 0 Å². The van der Waals surface area contributed by atoms with Crippen molar-refractivity contribution in [3.05, 3.63) is 64.2 Å². The average Bonchev–Trinajstić information content (AvgIpc) is 3.03. The number of carbonyl (C=O) groups is 1. The summed E-state index contributed by atoms with van der Waals surface area (Å²) in [5, 5.41) is 5.30. The van der Waals surface area contributed by atoms with Gasteiger partial charge in [0.15, 0.2) is 10.9 Å². The zero-order valence-electron chi connectivity index (χ0n) is 14.3. The molecule has 0 saturated heterocycles. The minimum absolute atomic E-state index is 0.0849. The van der Waals surface area contributed by atoms with E-state index in [0.29, 0.717) is 17.2 Å². The van der Waals surface area contributed by atoms with E-state index in [9.17, 15) is 4.79 Å². The first-order chi connectivity index (χ1) is 12.6. The first-order valence-electron chi connectivity index (χ1n) is 7.95. The molecule has 134 valence electrons. The van der Waals surface area contributed by atoms with Crippen molar-refractivity contribution in [1.29, 1.82) is 0 Å². The highest BCUT2D eigenvalue weighted by atomic mass is 35.5. The number of thioether (sulfide) groups is 1. The lowest BCUT2D eigenvalue weighted by Crippen LogP contribution is -2.01. The van der Waals surface area contributed by atoms with E-state index in [1.807, 2.05) is 31.4 Å². The van der Waals surface area contributed by atoms with Crippen LogP contribution in [0.5, 0.6) is 5.75 Å². The van der Waals surface area contributed by atoms with Crippen molar-refractivity contribution in [2.75, 3.05) is 18.2 Å². The van der Waals surface area contributed by atoms with Crippen LogP contribution in [-0.2, 0) is 0 Å². The summed E-state index contributed by atoms with van der Waals surface area (Å²) in [6.45, 7) is 2.58. The quantitative estimate of drug-likeness (QED) is 0.395. The number of nitrogens with one attached hydrogen (secondary N) is 1. The molecule has 3 aromatic rings. The molecule has 1 heterocycles. The summed E-state index contributed by atoms with van der Waals surface area (Å²) < 4.78 is 6.55. The first-order valence-corrected chi connectivity index (χ1v) is 10.4. The van der Waals surface area contributed by atoms with Crippen LogP contribution in [0.25, 0.3) is 10.2 Å². The zero-order chi connectivity index (χ0) is 18.5. The molecule has 0 fully saturated rings. The van der Waals surface area contributed by atoms with Gasteiger partial charge in [-0.1, -0.05) is 22.9 Å². The number of rotatable bonds is 7. The van der Waals surface area contributed by atoms with Gasteiger partial charge in [0.1, 0.15) is 5.75 Å². The number of hydrogen-bond donors (Lipinski definition) is 1. The van der Waals surface area contributed by atoms with Crippen LogP contribution in [0.3, 0.4) is 0 Å². The summed E-state index contributed by atoms with van der Waals surface area (Å²) in [5.74, 6) is 0.743.